The van der Waals surface area contributed by atoms with Crippen molar-refractivity contribution in [1.29, 1.82) is 5.26 Å². The summed E-state index contributed by atoms with van der Waals surface area (Å²) in [7, 11) is 0. The van der Waals surface area contributed by atoms with Gasteiger partial charge in [-0.2, -0.15) is 5.26 Å². The normalized spacial score (nSPS) is 10.2. The van der Waals surface area contributed by atoms with Gasteiger partial charge in [0, 0.05) is 41.4 Å². The van der Waals surface area contributed by atoms with E-state index in [1.807, 2.05) is 5.38 Å². The van der Waals surface area contributed by atoms with Crippen molar-refractivity contribution in [3.8, 4) is 17.9 Å². The molecule has 0 aliphatic heterocycles. The SMILES string of the molecule is CC(C)N(CCC#N)Cc1cc(C#CCO)cs1. The zero-order valence-corrected chi connectivity index (χ0v) is 11.6. The molecule has 0 spiro atoms. The topological polar surface area (TPSA) is 47.3 Å². The second-order valence-corrected chi connectivity index (χ2v) is 5.23. The molecule has 4 heteroatoms. The Morgan fingerprint density at radius 2 is 2.28 bits per heavy atom. The zero-order chi connectivity index (χ0) is 13.4. The van der Waals surface area contributed by atoms with Gasteiger partial charge < -0.3 is 5.11 Å². The van der Waals surface area contributed by atoms with E-state index >= 15 is 0 Å². The van der Waals surface area contributed by atoms with Gasteiger partial charge in [0.2, 0.25) is 0 Å². The van der Waals surface area contributed by atoms with Crippen LogP contribution in [-0.2, 0) is 6.54 Å². The van der Waals surface area contributed by atoms with E-state index in [1.165, 1.54) is 4.88 Å². The molecule has 1 N–H and O–H groups in total. The minimum absolute atomic E-state index is 0.106. The maximum absolute atomic E-state index is 8.65. The van der Waals surface area contributed by atoms with Gasteiger partial charge in [0.1, 0.15) is 6.61 Å². The summed E-state index contributed by atoms with van der Waals surface area (Å²) >= 11 is 1.67. The Hall–Kier alpha value is -1.33. The lowest BCUT2D eigenvalue weighted by atomic mass is 10.2. The average molecular weight is 262 g/mol. The van der Waals surface area contributed by atoms with E-state index in [9.17, 15) is 0 Å². The van der Waals surface area contributed by atoms with Crippen LogP contribution in [0, 0.1) is 23.2 Å². The highest BCUT2D eigenvalue weighted by molar-refractivity contribution is 7.10. The fourth-order valence-electron chi connectivity index (χ4n) is 1.58. The third kappa shape index (κ3) is 4.89. The largest absolute Gasteiger partial charge is 0.384 e. The summed E-state index contributed by atoms with van der Waals surface area (Å²) in [5, 5.41) is 19.3. The molecule has 0 atom stereocenters. The first-order valence-corrected chi connectivity index (χ1v) is 6.83. The predicted octanol–water partition coefficient (Wildman–Crippen LogP) is 2.22. The number of thiophene rings is 1. The maximum Gasteiger partial charge on any atom is 0.104 e. The summed E-state index contributed by atoms with van der Waals surface area (Å²) in [5.74, 6) is 5.54. The first-order valence-electron chi connectivity index (χ1n) is 5.95. The lowest BCUT2D eigenvalue weighted by Gasteiger charge is -2.24. The number of aliphatic hydroxyl groups excluding tert-OH is 1. The third-order valence-corrected chi connectivity index (χ3v) is 3.49. The maximum atomic E-state index is 8.65. The van der Waals surface area contributed by atoms with E-state index in [4.69, 9.17) is 10.4 Å². The van der Waals surface area contributed by atoms with E-state index in [0.717, 1.165) is 18.7 Å². The number of nitrogens with zero attached hydrogens (tertiary/aromatic N) is 2. The third-order valence-electron chi connectivity index (χ3n) is 2.57. The quantitative estimate of drug-likeness (QED) is 0.828. The van der Waals surface area contributed by atoms with Gasteiger partial charge in [-0.15, -0.1) is 11.3 Å². The Labute approximate surface area is 113 Å². The van der Waals surface area contributed by atoms with Crippen molar-refractivity contribution >= 4 is 11.3 Å². The molecule has 0 saturated carbocycles. The van der Waals surface area contributed by atoms with Crippen LogP contribution in [0.25, 0.3) is 0 Å². The van der Waals surface area contributed by atoms with Crippen LogP contribution in [0.2, 0.25) is 0 Å². The van der Waals surface area contributed by atoms with Crippen molar-refractivity contribution in [3.05, 3.63) is 21.9 Å². The van der Waals surface area contributed by atoms with E-state index in [1.54, 1.807) is 11.3 Å². The van der Waals surface area contributed by atoms with E-state index < -0.39 is 0 Å². The van der Waals surface area contributed by atoms with Crippen LogP contribution in [0.4, 0.5) is 0 Å². The molecular formula is C14H18N2OS. The molecule has 1 aromatic heterocycles. The molecule has 1 heterocycles. The Kier molecular flexibility index (Phi) is 6.46. The van der Waals surface area contributed by atoms with Crippen LogP contribution in [-0.4, -0.2) is 29.2 Å². The molecule has 0 radical (unpaired) electrons. The summed E-state index contributed by atoms with van der Waals surface area (Å²) in [5.41, 5.74) is 0.952. The first kappa shape index (κ1) is 14.7. The van der Waals surface area contributed by atoms with Crippen molar-refractivity contribution in [2.45, 2.75) is 32.9 Å². The molecule has 0 aliphatic carbocycles. The number of aliphatic hydroxyl groups is 1. The summed E-state index contributed by atoms with van der Waals surface area (Å²) in [4.78, 5) is 3.52. The molecule has 0 aromatic carbocycles. The predicted molar refractivity (Wildman–Crippen MR) is 74.1 cm³/mol. The van der Waals surface area contributed by atoms with Gasteiger partial charge in [-0.05, 0) is 19.9 Å². The molecule has 96 valence electrons. The highest BCUT2D eigenvalue weighted by atomic mass is 32.1. The van der Waals surface area contributed by atoms with Gasteiger partial charge in [-0.3, -0.25) is 4.90 Å². The zero-order valence-electron chi connectivity index (χ0n) is 10.8. The van der Waals surface area contributed by atoms with Crippen molar-refractivity contribution in [2.75, 3.05) is 13.2 Å². The number of nitriles is 1. The van der Waals surface area contributed by atoms with Crippen molar-refractivity contribution in [1.82, 2.24) is 4.90 Å². The summed E-state index contributed by atoms with van der Waals surface area (Å²) in [6.45, 7) is 5.81. The average Bonchev–Trinajstić information content (AvgIpc) is 2.79. The van der Waals surface area contributed by atoms with Gasteiger partial charge in [-0.25, -0.2) is 0 Å². The Morgan fingerprint density at radius 1 is 1.50 bits per heavy atom. The lowest BCUT2D eigenvalue weighted by molar-refractivity contribution is 0.220. The van der Waals surface area contributed by atoms with Gasteiger partial charge in [-0.1, -0.05) is 11.8 Å². The van der Waals surface area contributed by atoms with Crippen molar-refractivity contribution in [3.63, 3.8) is 0 Å². The Morgan fingerprint density at radius 3 is 2.89 bits per heavy atom. The van der Waals surface area contributed by atoms with Gasteiger partial charge in [0.15, 0.2) is 0 Å². The molecule has 0 bridgehead atoms. The molecule has 0 aliphatic rings. The fourth-order valence-corrected chi connectivity index (χ4v) is 2.42. The molecule has 0 fully saturated rings. The standard InChI is InChI=1S/C14H18N2OS/c1-12(2)16(7-4-6-15)10-14-9-13(11-18-14)5-3-8-17/h9,11-12,17H,4,7-8,10H2,1-2H3. The van der Waals surface area contributed by atoms with Crippen molar-refractivity contribution < 1.29 is 5.11 Å². The summed E-state index contributed by atoms with van der Waals surface area (Å²) in [6.07, 6.45) is 0.556. The second kappa shape index (κ2) is 7.89. The van der Waals surface area contributed by atoms with Crippen LogP contribution in [0.3, 0.4) is 0 Å². The monoisotopic (exact) mass is 262 g/mol. The summed E-state index contributed by atoms with van der Waals surface area (Å²) in [6, 6.07) is 4.66. The lowest BCUT2D eigenvalue weighted by Crippen LogP contribution is -2.30. The summed E-state index contributed by atoms with van der Waals surface area (Å²) < 4.78 is 0. The van der Waals surface area contributed by atoms with E-state index in [0.29, 0.717) is 12.5 Å². The Bertz CT molecular complexity index is 462. The minimum atomic E-state index is -0.106. The molecule has 3 nitrogen and oxygen atoms in total. The molecule has 0 unspecified atom stereocenters. The molecule has 18 heavy (non-hydrogen) atoms. The van der Waals surface area contributed by atoms with Gasteiger partial charge >= 0.3 is 0 Å². The number of rotatable bonds is 5. The fraction of sp³-hybridized carbons (Fsp3) is 0.500. The van der Waals surface area contributed by atoms with Crippen molar-refractivity contribution in [2.24, 2.45) is 0 Å². The second-order valence-electron chi connectivity index (χ2n) is 4.23. The molecule has 0 saturated heterocycles. The molecule has 1 rings (SSSR count). The first-order chi connectivity index (χ1) is 8.67. The highest BCUT2D eigenvalue weighted by Crippen LogP contribution is 2.17. The molecule has 1 aromatic rings. The van der Waals surface area contributed by atoms with E-state index in [2.05, 4.69) is 42.7 Å². The molecular weight excluding hydrogens is 244 g/mol. The van der Waals surface area contributed by atoms with Crippen LogP contribution >= 0.6 is 11.3 Å². The minimum Gasteiger partial charge on any atom is -0.384 e. The van der Waals surface area contributed by atoms with Crippen LogP contribution in [0.15, 0.2) is 11.4 Å². The molecule has 0 amide bonds. The number of hydrogen-bond acceptors (Lipinski definition) is 4. The van der Waals surface area contributed by atoms with Gasteiger partial charge in [0.25, 0.3) is 0 Å². The van der Waals surface area contributed by atoms with Gasteiger partial charge in [0.05, 0.1) is 6.07 Å². The van der Waals surface area contributed by atoms with Crippen LogP contribution < -0.4 is 0 Å². The highest BCUT2D eigenvalue weighted by Gasteiger charge is 2.10. The van der Waals surface area contributed by atoms with Crippen LogP contribution in [0.1, 0.15) is 30.7 Å². The number of hydrogen-bond donors (Lipinski definition) is 1. The van der Waals surface area contributed by atoms with E-state index in [-0.39, 0.29) is 6.61 Å². The van der Waals surface area contributed by atoms with Crippen LogP contribution in [0.5, 0.6) is 0 Å². The Balaban J connectivity index is 2.63. The smallest absolute Gasteiger partial charge is 0.104 e.